The Hall–Kier alpha value is -2.57. The summed E-state index contributed by atoms with van der Waals surface area (Å²) in [6.07, 6.45) is 0.124. The predicted octanol–water partition coefficient (Wildman–Crippen LogP) is 3.80. The van der Waals surface area contributed by atoms with Crippen molar-refractivity contribution >= 4 is 17.2 Å². The maximum Gasteiger partial charge on any atom is 0.220 e. The Balaban J connectivity index is 1.45. The molecule has 2 heterocycles. The minimum atomic E-state index is -0.868. The zero-order valence-corrected chi connectivity index (χ0v) is 15.3. The summed E-state index contributed by atoms with van der Waals surface area (Å²) in [6.45, 7) is 0.123. The molecule has 2 N–H and O–H groups in total. The number of benzene rings is 1. The van der Waals surface area contributed by atoms with Crippen molar-refractivity contribution in [2.24, 2.45) is 0 Å². The number of carbonyl (C=O) groups is 1. The molecule has 3 aromatic rings. The smallest absolute Gasteiger partial charge is 0.220 e. The Morgan fingerprint density at radius 2 is 2.04 bits per heavy atom. The highest BCUT2D eigenvalue weighted by Crippen LogP contribution is 2.26. The summed E-state index contributed by atoms with van der Waals surface area (Å²) < 4.78 is 10.8. The molecule has 6 heteroatoms. The van der Waals surface area contributed by atoms with Crippen LogP contribution in [0.2, 0.25) is 0 Å². The van der Waals surface area contributed by atoms with Gasteiger partial charge in [-0.05, 0) is 47.7 Å². The first kappa shape index (κ1) is 18.2. The molecule has 0 saturated carbocycles. The molecule has 1 aromatic carbocycles. The highest BCUT2D eigenvalue weighted by Gasteiger charge is 2.14. The molecule has 136 valence electrons. The number of aliphatic hydroxyl groups is 1. The van der Waals surface area contributed by atoms with Crippen LogP contribution in [0.4, 0.5) is 0 Å². The van der Waals surface area contributed by atoms with Crippen molar-refractivity contribution in [3.63, 3.8) is 0 Å². The Morgan fingerprint density at radius 1 is 1.23 bits per heavy atom. The Bertz CT molecular complexity index is 824. The minimum Gasteiger partial charge on any atom is -0.497 e. The van der Waals surface area contributed by atoms with Gasteiger partial charge < -0.3 is 19.6 Å². The Labute approximate surface area is 156 Å². The number of nitrogens with one attached hydrogen (secondary N) is 1. The van der Waals surface area contributed by atoms with Gasteiger partial charge in [0, 0.05) is 17.4 Å². The molecule has 0 spiro atoms. The number of amides is 1. The van der Waals surface area contributed by atoms with Crippen LogP contribution in [0.1, 0.15) is 23.8 Å². The summed E-state index contributed by atoms with van der Waals surface area (Å²) in [6, 6.07) is 13.2. The van der Waals surface area contributed by atoms with Gasteiger partial charge in [-0.1, -0.05) is 12.1 Å². The fraction of sp³-hybridized carbons (Fsp3) is 0.250. The van der Waals surface area contributed by atoms with E-state index in [0.717, 1.165) is 16.9 Å². The number of ether oxygens (including phenoxy) is 1. The van der Waals surface area contributed by atoms with Gasteiger partial charge in [0.1, 0.15) is 23.4 Å². The van der Waals surface area contributed by atoms with Crippen LogP contribution < -0.4 is 10.1 Å². The molecule has 0 saturated heterocycles. The van der Waals surface area contributed by atoms with E-state index in [1.54, 1.807) is 24.5 Å². The third-order valence-corrected chi connectivity index (χ3v) is 4.74. The van der Waals surface area contributed by atoms with Crippen LogP contribution in [0.5, 0.6) is 5.75 Å². The monoisotopic (exact) mass is 371 g/mol. The van der Waals surface area contributed by atoms with Crippen LogP contribution in [0.15, 0.2) is 57.6 Å². The van der Waals surface area contributed by atoms with E-state index in [-0.39, 0.29) is 12.5 Å². The van der Waals surface area contributed by atoms with Crippen molar-refractivity contribution in [1.29, 1.82) is 0 Å². The van der Waals surface area contributed by atoms with Gasteiger partial charge in [-0.3, -0.25) is 4.79 Å². The van der Waals surface area contributed by atoms with Crippen molar-refractivity contribution in [2.45, 2.75) is 18.9 Å². The van der Waals surface area contributed by atoms with Gasteiger partial charge in [0.25, 0.3) is 0 Å². The van der Waals surface area contributed by atoms with Gasteiger partial charge in [0.15, 0.2) is 0 Å². The lowest BCUT2D eigenvalue weighted by Gasteiger charge is -2.10. The molecule has 0 aliphatic carbocycles. The van der Waals surface area contributed by atoms with Crippen LogP contribution in [-0.4, -0.2) is 24.7 Å². The molecule has 0 fully saturated rings. The summed E-state index contributed by atoms with van der Waals surface area (Å²) in [4.78, 5) is 12.0. The number of carbonyl (C=O) groups excluding carboxylic acids is 1. The molecule has 0 aliphatic heterocycles. The van der Waals surface area contributed by atoms with E-state index in [1.165, 1.54) is 0 Å². The van der Waals surface area contributed by atoms with E-state index in [0.29, 0.717) is 24.4 Å². The average molecular weight is 371 g/mol. The first-order valence-corrected chi connectivity index (χ1v) is 9.30. The van der Waals surface area contributed by atoms with Crippen LogP contribution in [0.25, 0.3) is 11.3 Å². The maximum absolute atomic E-state index is 12.0. The van der Waals surface area contributed by atoms with Gasteiger partial charge in [-0.15, -0.1) is 0 Å². The molecule has 5 nitrogen and oxygen atoms in total. The molecule has 1 amide bonds. The standard InChI is InChI=1S/C20H21NO4S/c1-24-16-5-2-14(3-6-16)4-9-20(23)21-12-17(22)19-8-7-18(25-19)15-10-11-26-13-15/h2-3,5-8,10-11,13,17,22H,4,9,12H2,1H3,(H,21,23)/t17-/m1/s1. The zero-order chi connectivity index (χ0) is 18.4. The van der Waals surface area contributed by atoms with Gasteiger partial charge in [-0.25, -0.2) is 0 Å². The van der Waals surface area contributed by atoms with Gasteiger partial charge in [0.2, 0.25) is 5.91 Å². The summed E-state index contributed by atoms with van der Waals surface area (Å²) >= 11 is 1.59. The third-order valence-electron chi connectivity index (χ3n) is 4.05. The van der Waals surface area contributed by atoms with Gasteiger partial charge >= 0.3 is 0 Å². The molecular weight excluding hydrogens is 350 g/mol. The van der Waals surface area contributed by atoms with Crippen LogP contribution in [-0.2, 0) is 11.2 Å². The van der Waals surface area contributed by atoms with Gasteiger partial charge in [-0.2, -0.15) is 11.3 Å². The van der Waals surface area contributed by atoms with Crippen molar-refractivity contribution < 1.29 is 19.1 Å². The number of methoxy groups -OCH3 is 1. The van der Waals surface area contributed by atoms with E-state index in [9.17, 15) is 9.90 Å². The van der Waals surface area contributed by atoms with Gasteiger partial charge in [0.05, 0.1) is 13.7 Å². The number of hydrogen-bond acceptors (Lipinski definition) is 5. The molecule has 0 bridgehead atoms. The van der Waals surface area contributed by atoms with Crippen molar-refractivity contribution in [2.75, 3.05) is 13.7 Å². The largest absolute Gasteiger partial charge is 0.497 e. The first-order valence-electron chi connectivity index (χ1n) is 8.35. The topological polar surface area (TPSA) is 71.7 Å². The van der Waals surface area contributed by atoms with Crippen molar-refractivity contribution in [3.8, 4) is 17.1 Å². The fourth-order valence-corrected chi connectivity index (χ4v) is 3.19. The normalized spacial score (nSPS) is 11.9. The summed E-state index contributed by atoms with van der Waals surface area (Å²) in [7, 11) is 1.62. The highest BCUT2D eigenvalue weighted by molar-refractivity contribution is 7.08. The van der Waals surface area contributed by atoms with E-state index in [1.807, 2.05) is 47.2 Å². The lowest BCUT2D eigenvalue weighted by molar-refractivity contribution is -0.121. The fourth-order valence-electron chi connectivity index (χ4n) is 2.54. The molecule has 2 aromatic heterocycles. The number of aryl methyl sites for hydroxylation is 1. The molecule has 0 aliphatic rings. The summed E-state index contributed by atoms with van der Waals surface area (Å²) in [5, 5.41) is 16.9. The number of furan rings is 1. The number of hydrogen-bond donors (Lipinski definition) is 2. The van der Waals surface area contributed by atoms with Crippen LogP contribution in [0, 0.1) is 0 Å². The molecule has 1 atom stereocenters. The summed E-state index contributed by atoms with van der Waals surface area (Å²) in [5.41, 5.74) is 2.05. The van der Waals surface area contributed by atoms with Crippen LogP contribution in [0.3, 0.4) is 0 Å². The van der Waals surface area contributed by atoms with E-state index in [2.05, 4.69) is 5.32 Å². The summed E-state index contributed by atoms with van der Waals surface area (Å²) in [5.74, 6) is 1.85. The van der Waals surface area contributed by atoms with E-state index in [4.69, 9.17) is 9.15 Å². The number of rotatable bonds is 8. The predicted molar refractivity (Wildman–Crippen MR) is 101 cm³/mol. The zero-order valence-electron chi connectivity index (χ0n) is 14.5. The second-order valence-electron chi connectivity index (χ2n) is 5.88. The lowest BCUT2D eigenvalue weighted by Crippen LogP contribution is -2.28. The lowest BCUT2D eigenvalue weighted by atomic mass is 10.1. The minimum absolute atomic E-state index is 0.107. The molecule has 26 heavy (non-hydrogen) atoms. The van der Waals surface area contributed by atoms with Crippen LogP contribution >= 0.6 is 11.3 Å². The highest BCUT2D eigenvalue weighted by atomic mass is 32.1. The van der Waals surface area contributed by atoms with Crippen molar-refractivity contribution in [1.82, 2.24) is 5.32 Å². The second-order valence-corrected chi connectivity index (χ2v) is 6.66. The third kappa shape index (κ3) is 4.74. The Kier molecular flexibility index (Phi) is 6.09. The van der Waals surface area contributed by atoms with Crippen molar-refractivity contribution in [3.05, 3.63) is 64.5 Å². The molecule has 0 radical (unpaired) electrons. The first-order chi connectivity index (χ1) is 12.7. The second kappa shape index (κ2) is 8.69. The van der Waals surface area contributed by atoms with E-state index < -0.39 is 6.10 Å². The molecule has 0 unspecified atom stereocenters. The van der Waals surface area contributed by atoms with E-state index >= 15 is 0 Å². The average Bonchev–Trinajstić information content (AvgIpc) is 3.36. The maximum atomic E-state index is 12.0. The Morgan fingerprint density at radius 3 is 2.73 bits per heavy atom. The quantitative estimate of drug-likeness (QED) is 0.632. The SMILES string of the molecule is COc1ccc(CCC(=O)NC[C@@H](O)c2ccc(-c3ccsc3)o2)cc1. The number of thiophene rings is 1. The number of aliphatic hydroxyl groups excluding tert-OH is 1. The molecule has 3 rings (SSSR count). The molecular formula is C20H21NO4S.